The van der Waals surface area contributed by atoms with E-state index in [-0.39, 0.29) is 0 Å². The van der Waals surface area contributed by atoms with E-state index in [0.717, 1.165) is 16.3 Å². The number of furan rings is 1. The molecule has 0 aliphatic heterocycles. The third-order valence-electron chi connectivity index (χ3n) is 4.51. The number of esters is 1. The number of benzene rings is 2. The number of nitrogens with zero attached hydrogens (tertiary/aromatic N) is 1. The summed E-state index contributed by atoms with van der Waals surface area (Å²) in [5, 5.41) is 12.6. The number of aromatic nitrogens is 1. The number of hydrogen-bond donors (Lipinski definition) is 1. The molecule has 0 amide bonds. The average molecular weight is 335 g/mol. The zero-order valence-corrected chi connectivity index (χ0v) is 13.9. The predicted molar refractivity (Wildman–Crippen MR) is 94.5 cm³/mol. The molecule has 1 atom stereocenters. The molecule has 126 valence electrons. The summed E-state index contributed by atoms with van der Waals surface area (Å²) in [6.45, 7) is 0. The van der Waals surface area contributed by atoms with Gasteiger partial charge in [-0.2, -0.15) is 0 Å². The van der Waals surface area contributed by atoms with Gasteiger partial charge in [-0.25, -0.2) is 4.79 Å². The molecule has 2 aromatic heterocycles. The second-order valence-electron chi connectivity index (χ2n) is 5.92. The van der Waals surface area contributed by atoms with E-state index in [1.54, 1.807) is 10.6 Å². The summed E-state index contributed by atoms with van der Waals surface area (Å²) >= 11 is 0. The first-order chi connectivity index (χ1) is 12.1. The molecule has 4 rings (SSSR count). The topological polar surface area (TPSA) is 64.6 Å². The Kier molecular flexibility index (Phi) is 3.58. The summed E-state index contributed by atoms with van der Waals surface area (Å²) in [5.41, 5.74) is 2.34. The number of aliphatic hydroxyl groups is 1. The molecular weight excluding hydrogens is 318 g/mol. The Labute approximate surface area is 144 Å². The van der Waals surface area contributed by atoms with Crippen LogP contribution in [0.2, 0.25) is 0 Å². The van der Waals surface area contributed by atoms with E-state index in [1.807, 2.05) is 55.6 Å². The number of ether oxygens (including phenoxy) is 1. The first kappa shape index (κ1) is 15.5. The van der Waals surface area contributed by atoms with E-state index in [4.69, 9.17) is 9.15 Å². The SMILES string of the molecule is COC(=O)c1c(C(O)c2cc3ccccc3o2)n(C)c2ccccc12. The van der Waals surface area contributed by atoms with Crippen molar-refractivity contribution in [1.29, 1.82) is 0 Å². The van der Waals surface area contributed by atoms with E-state index in [2.05, 4.69) is 0 Å². The second kappa shape index (κ2) is 5.79. The summed E-state index contributed by atoms with van der Waals surface area (Å²) in [6, 6.07) is 16.8. The Morgan fingerprint density at radius 3 is 2.64 bits per heavy atom. The number of aryl methyl sites for hydroxylation is 1. The summed E-state index contributed by atoms with van der Waals surface area (Å²) in [7, 11) is 3.15. The number of aliphatic hydroxyl groups excluding tert-OH is 1. The van der Waals surface area contributed by atoms with Gasteiger partial charge in [0, 0.05) is 23.3 Å². The predicted octanol–water partition coefficient (Wildman–Crippen LogP) is 3.79. The van der Waals surface area contributed by atoms with Gasteiger partial charge in [0.05, 0.1) is 18.4 Å². The molecule has 2 heterocycles. The Hall–Kier alpha value is -3.05. The van der Waals surface area contributed by atoms with Gasteiger partial charge in [-0.1, -0.05) is 36.4 Å². The summed E-state index contributed by atoms with van der Waals surface area (Å²) in [6.07, 6.45) is -1.08. The van der Waals surface area contributed by atoms with Crippen molar-refractivity contribution in [2.45, 2.75) is 6.10 Å². The van der Waals surface area contributed by atoms with E-state index >= 15 is 0 Å². The van der Waals surface area contributed by atoms with E-state index < -0.39 is 12.1 Å². The van der Waals surface area contributed by atoms with Gasteiger partial charge in [0.2, 0.25) is 0 Å². The van der Waals surface area contributed by atoms with Crippen molar-refractivity contribution in [2.24, 2.45) is 7.05 Å². The summed E-state index contributed by atoms with van der Waals surface area (Å²) in [4.78, 5) is 12.4. The quantitative estimate of drug-likeness (QED) is 0.579. The number of fused-ring (bicyclic) bond motifs is 2. The second-order valence-corrected chi connectivity index (χ2v) is 5.92. The minimum absolute atomic E-state index is 0.355. The molecule has 4 aromatic rings. The lowest BCUT2D eigenvalue weighted by Crippen LogP contribution is -2.12. The third kappa shape index (κ3) is 2.32. The van der Waals surface area contributed by atoms with Crippen molar-refractivity contribution in [3.05, 3.63) is 71.6 Å². The number of carbonyl (C=O) groups is 1. The monoisotopic (exact) mass is 335 g/mol. The number of hydrogen-bond acceptors (Lipinski definition) is 4. The Morgan fingerprint density at radius 1 is 1.16 bits per heavy atom. The first-order valence-electron chi connectivity index (χ1n) is 7.94. The first-order valence-corrected chi connectivity index (χ1v) is 7.94. The molecule has 0 radical (unpaired) electrons. The van der Waals surface area contributed by atoms with Crippen LogP contribution in [-0.2, 0) is 11.8 Å². The van der Waals surface area contributed by atoms with Crippen molar-refractivity contribution in [3.63, 3.8) is 0 Å². The zero-order chi connectivity index (χ0) is 17.6. The standard InChI is InChI=1S/C20H17NO4/c1-21-14-9-5-4-8-13(14)17(20(23)24-2)18(21)19(22)16-11-12-7-3-6-10-15(12)25-16/h3-11,19,22H,1-2H3. The highest BCUT2D eigenvalue weighted by Gasteiger charge is 2.29. The zero-order valence-electron chi connectivity index (χ0n) is 13.9. The summed E-state index contributed by atoms with van der Waals surface area (Å²) in [5.74, 6) is -0.0979. The van der Waals surface area contributed by atoms with Crippen molar-refractivity contribution in [2.75, 3.05) is 7.11 Å². The van der Waals surface area contributed by atoms with E-state index in [0.29, 0.717) is 22.6 Å². The molecule has 0 fully saturated rings. The summed E-state index contributed by atoms with van der Waals surface area (Å²) < 4.78 is 12.5. The van der Waals surface area contributed by atoms with Crippen LogP contribution in [0.5, 0.6) is 0 Å². The highest BCUT2D eigenvalue weighted by atomic mass is 16.5. The largest absolute Gasteiger partial charge is 0.465 e. The van der Waals surface area contributed by atoms with E-state index in [1.165, 1.54) is 7.11 Å². The molecular formula is C20H17NO4. The minimum atomic E-state index is -1.08. The van der Waals surface area contributed by atoms with Crippen molar-refractivity contribution < 1.29 is 19.1 Å². The molecule has 0 saturated carbocycles. The molecule has 1 unspecified atom stereocenters. The highest BCUT2D eigenvalue weighted by Crippen LogP contribution is 2.35. The maximum atomic E-state index is 12.4. The van der Waals surface area contributed by atoms with Crippen LogP contribution < -0.4 is 0 Å². The highest BCUT2D eigenvalue weighted by molar-refractivity contribution is 6.06. The number of para-hydroxylation sites is 2. The van der Waals surface area contributed by atoms with E-state index in [9.17, 15) is 9.90 Å². The maximum Gasteiger partial charge on any atom is 0.340 e. The Bertz CT molecular complexity index is 1060. The van der Waals surface area contributed by atoms with Crippen molar-refractivity contribution in [1.82, 2.24) is 4.57 Å². The number of carbonyl (C=O) groups excluding carboxylic acids is 1. The fourth-order valence-electron chi connectivity index (χ4n) is 3.32. The van der Waals surface area contributed by atoms with Gasteiger partial charge in [0.1, 0.15) is 11.3 Å². The number of methoxy groups -OCH3 is 1. The average Bonchev–Trinajstić information content (AvgIpc) is 3.20. The fraction of sp³-hybridized carbons (Fsp3) is 0.150. The van der Waals surface area contributed by atoms with Crippen molar-refractivity contribution >= 4 is 27.8 Å². The molecule has 25 heavy (non-hydrogen) atoms. The molecule has 2 aromatic carbocycles. The molecule has 0 bridgehead atoms. The van der Waals surface area contributed by atoms with Crippen LogP contribution in [0.4, 0.5) is 0 Å². The molecule has 5 nitrogen and oxygen atoms in total. The number of rotatable bonds is 3. The normalized spacial score (nSPS) is 12.6. The molecule has 0 spiro atoms. The lowest BCUT2D eigenvalue weighted by atomic mass is 10.1. The van der Waals surface area contributed by atoms with Gasteiger partial charge in [-0.05, 0) is 18.2 Å². The Balaban J connectivity index is 1.95. The lowest BCUT2D eigenvalue weighted by molar-refractivity contribution is 0.0596. The third-order valence-corrected chi connectivity index (χ3v) is 4.51. The van der Waals surface area contributed by atoms with Crippen LogP contribution >= 0.6 is 0 Å². The van der Waals surface area contributed by atoms with Gasteiger partial charge < -0.3 is 18.8 Å². The van der Waals surface area contributed by atoms with Crippen LogP contribution in [0.25, 0.3) is 21.9 Å². The van der Waals surface area contributed by atoms with Gasteiger partial charge in [-0.3, -0.25) is 0 Å². The van der Waals surface area contributed by atoms with Crippen LogP contribution in [0.1, 0.15) is 27.9 Å². The minimum Gasteiger partial charge on any atom is -0.465 e. The van der Waals surface area contributed by atoms with Crippen molar-refractivity contribution in [3.8, 4) is 0 Å². The maximum absolute atomic E-state index is 12.4. The van der Waals surface area contributed by atoms with Gasteiger partial charge in [0.15, 0.2) is 6.10 Å². The van der Waals surface area contributed by atoms with Gasteiger partial charge in [0.25, 0.3) is 0 Å². The van der Waals surface area contributed by atoms with Crippen LogP contribution in [0.3, 0.4) is 0 Å². The molecule has 1 N–H and O–H groups in total. The van der Waals surface area contributed by atoms with Gasteiger partial charge in [-0.15, -0.1) is 0 Å². The lowest BCUT2D eigenvalue weighted by Gasteiger charge is -2.12. The molecule has 5 heteroatoms. The smallest absolute Gasteiger partial charge is 0.340 e. The van der Waals surface area contributed by atoms with Crippen LogP contribution in [0, 0.1) is 0 Å². The molecule has 0 aliphatic rings. The van der Waals surface area contributed by atoms with Crippen LogP contribution in [0.15, 0.2) is 59.0 Å². The van der Waals surface area contributed by atoms with Gasteiger partial charge >= 0.3 is 5.97 Å². The van der Waals surface area contributed by atoms with Crippen LogP contribution in [-0.4, -0.2) is 22.8 Å². The Morgan fingerprint density at radius 2 is 1.88 bits per heavy atom. The molecule has 0 aliphatic carbocycles. The fourth-order valence-corrected chi connectivity index (χ4v) is 3.32. The molecule has 0 saturated heterocycles.